The fourth-order valence-corrected chi connectivity index (χ4v) is 2.09. The summed E-state index contributed by atoms with van der Waals surface area (Å²) < 4.78 is 28.8. The van der Waals surface area contributed by atoms with Crippen LogP contribution >= 0.6 is 0 Å². The summed E-state index contributed by atoms with van der Waals surface area (Å²) in [5.74, 6) is 0.350. The first kappa shape index (κ1) is 13.0. The predicted molar refractivity (Wildman–Crippen MR) is 67.5 cm³/mol. The lowest BCUT2D eigenvalue weighted by atomic mass is 10.0. The van der Waals surface area contributed by atoms with E-state index in [1.54, 1.807) is 6.07 Å². The number of nitrogens with zero attached hydrogens (tertiary/aromatic N) is 2. The van der Waals surface area contributed by atoms with Gasteiger partial charge in [-0.3, -0.25) is 0 Å². The molecular formula is C13H14FN3O3. The highest BCUT2D eigenvalue weighted by atomic mass is 19.1. The highest BCUT2D eigenvalue weighted by Gasteiger charge is 2.38. The minimum Gasteiger partial charge on any atom is -0.494 e. The Bertz CT molecular complexity index is 623. The number of hydrogen-bond donors (Lipinski definition) is 1. The zero-order chi connectivity index (χ0) is 14.2. The van der Waals surface area contributed by atoms with Crippen molar-refractivity contribution in [1.29, 1.82) is 0 Å². The second-order valence-corrected chi connectivity index (χ2v) is 4.73. The second-order valence-electron chi connectivity index (χ2n) is 4.73. The van der Waals surface area contributed by atoms with Crippen LogP contribution < -0.4 is 10.5 Å². The lowest BCUT2D eigenvalue weighted by Crippen LogP contribution is -2.37. The zero-order valence-corrected chi connectivity index (χ0v) is 10.9. The highest BCUT2D eigenvalue weighted by molar-refractivity contribution is 5.57. The number of nitrogens with two attached hydrogens (primary N) is 1. The molecule has 2 aromatic rings. The van der Waals surface area contributed by atoms with Crippen molar-refractivity contribution in [3.05, 3.63) is 29.9 Å². The van der Waals surface area contributed by atoms with Crippen LogP contribution in [0.4, 0.5) is 4.39 Å². The lowest BCUT2D eigenvalue weighted by molar-refractivity contribution is 0.166. The van der Waals surface area contributed by atoms with Crippen molar-refractivity contribution in [2.45, 2.75) is 12.0 Å². The van der Waals surface area contributed by atoms with Gasteiger partial charge in [-0.15, -0.1) is 0 Å². The number of ether oxygens (including phenoxy) is 2. The van der Waals surface area contributed by atoms with E-state index in [-0.39, 0.29) is 5.75 Å². The monoisotopic (exact) mass is 279 g/mol. The van der Waals surface area contributed by atoms with Crippen molar-refractivity contribution in [1.82, 2.24) is 10.1 Å². The molecule has 1 atom stereocenters. The minimum atomic E-state index is -0.741. The van der Waals surface area contributed by atoms with Gasteiger partial charge < -0.3 is 19.7 Å². The quantitative estimate of drug-likeness (QED) is 0.915. The van der Waals surface area contributed by atoms with Gasteiger partial charge in [0.05, 0.1) is 13.7 Å². The molecule has 0 amide bonds. The van der Waals surface area contributed by atoms with Crippen LogP contribution in [-0.4, -0.2) is 30.5 Å². The standard InChI is InChI=1S/C13H14FN3O3/c1-18-10-6-8(2-3-9(10)14)11-16-12(20-17-11)13(15)4-5-19-7-13/h2-3,6H,4-5,7,15H2,1H3. The van der Waals surface area contributed by atoms with E-state index < -0.39 is 11.4 Å². The molecule has 6 nitrogen and oxygen atoms in total. The van der Waals surface area contributed by atoms with Crippen molar-refractivity contribution >= 4 is 0 Å². The molecule has 1 aliphatic heterocycles. The van der Waals surface area contributed by atoms with Crippen LogP contribution in [0.2, 0.25) is 0 Å². The Balaban J connectivity index is 1.94. The van der Waals surface area contributed by atoms with Crippen LogP contribution in [0.5, 0.6) is 5.75 Å². The molecule has 7 heteroatoms. The molecule has 1 aliphatic rings. The zero-order valence-electron chi connectivity index (χ0n) is 10.9. The smallest absolute Gasteiger partial charge is 0.249 e. The summed E-state index contributed by atoms with van der Waals surface area (Å²) in [4.78, 5) is 4.28. The number of aromatic nitrogens is 2. The molecule has 0 spiro atoms. The highest BCUT2D eigenvalue weighted by Crippen LogP contribution is 2.29. The van der Waals surface area contributed by atoms with Gasteiger partial charge in [0.1, 0.15) is 5.54 Å². The molecule has 1 fully saturated rings. The molecule has 0 saturated carbocycles. The Morgan fingerprint density at radius 3 is 3.00 bits per heavy atom. The van der Waals surface area contributed by atoms with E-state index in [0.29, 0.717) is 36.9 Å². The van der Waals surface area contributed by atoms with Crippen LogP contribution in [0.25, 0.3) is 11.4 Å². The fraction of sp³-hybridized carbons (Fsp3) is 0.385. The van der Waals surface area contributed by atoms with E-state index in [1.807, 2.05) is 0 Å². The molecular weight excluding hydrogens is 265 g/mol. The summed E-state index contributed by atoms with van der Waals surface area (Å²) in [6, 6.07) is 4.36. The Morgan fingerprint density at radius 1 is 1.45 bits per heavy atom. The van der Waals surface area contributed by atoms with Gasteiger partial charge in [-0.2, -0.15) is 4.98 Å². The second kappa shape index (κ2) is 4.84. The molecule has 1 aromatic heterocycles. The molecule has 1 unspecified atom stereocenters. The number of halogens is 1. The van der Waals surface area contributed by atoms with Crippen LogP contribution in [0.15, 0.2) is 22.7 Å². The van der Waals surface area contributed by atoms with Gasteiger partial charge in [-0.1, -0.05) is 5.16 Å². The first-order valence-electron chi connectivity index (χ1n) is 6.17. The molecule has 0 bridgehead atoms. The van der Waals surface area contributed by atoms with Crippen LogP contribution in [0.3, 0.4) is 0 Å². The Morgan fingerprint density at radius 2 is 2.30 bits per heavy atom. The third kappa shape index (κ3) is 2.14. The van der Waals surface area contributed by atoms with Crippen LogP contribution in [0.1, 0.15) is 12.3 Å². The van der Waals surface area contributed by atoms with Crippen LogP contribution in [0, 0.1) is 5.82 Å². The summed E-state index contributed by atoms with van der Waals surface area (Å²) in [5, 5.41) is 3.88. The van der Waals surface area contributed by atoms with Gasteiger partial charge in [0.15, 0.2) is 11.6 Å². The Labute approximate surface area is 114 Å². The lowest BCUT2D eigenvalue weighted by Gasteiger charge is -2.14. The first-order chi connectivity index (χ1) is 9.62. The summed E-state index contributed by atoms with van der Waals surface area (Å²) in [6.07, 6.45) is 0.626. The van der Waals surface area contributed by atoms with E-state index in [9.17, 15) is 4.39 Å². The van der Waals surface area contributed by atoms with E-state index in [1.165, 1.54) is 19.2 Å². The molecule has 1 saturated heterocycles. The molecule has 3 rings (SSSR count). The topological polar surface area (TPSA) is 83.4 Å². The maximum absolute atomic E-state index is 13.4. The number of hydrogen-bond acceptors (Lipinski definition) is 6. The molecule has 1 aromatic carbocycles. The summed E-state index contributed by atoms with van der Waals surface area (Å²) in [7, 11) is 1.40. The third-order valence-electron chi connectivity index (χ3n) is 3.31. The van der Waals surface area contributed by atoms with E-state index in [2.05, 4.69) is 10.1 Å². The number of methoxy groups -OCH3 is 1. The van der Waals surface area contributed by atoms with Gasteiger partial charge >= 0.3 is 0 Å². The van der Waals surface area contributed by atoms with Crippen molar-refractivity contribution < 1.29 is 18.4 Å². The maximum atomic E-state index is 13.4. The number of rotatable bonds is 3. The number of benzene rings is 1. The molecule has 20 heavy (non-hydrogen) atoms. The predicted octanol–water partition coefficient (Wildman–Crippen LogP) is 1.46. The molecule has 0 radical (unpaired) electrons. The molecule has 2 heterocycles. The molecule has 106 valence electrons. The first-order valence-corrected chi connectivity index (χ1v) is 6.17. The third-order valence-corrected chi connectivity index (χ3v) is 3.31. The van der Waals surface area contributed by atoms with Crippen molar-refractivity contribution in [2.24, 2.45) is 5.73 Å². The summed E-state index contributed by atoms with van der Waals surface area (Å²) in [6.45, 7) is 0.917. The normalized spacial score (nSPS) is 22.1. The largest absolute Gasteiger partial charge is 0.494 e. The average molecular weight is 279 g/mol. The molecule has 2 N–H and O–H groups in total. The van der Waals surface area contributed by atoms with Crippen LogP contribution in [-0.2, 0) is 10.3 Å². The van der Waals surface area contributed by atoms with Gasteiger partial charge in [0, 0.05) is 12.2 Å². The Kier molecular flexibility index (Phi) is 3.15. The van der Waals surface area contributed by atoms with Gasteiger partial charge in [0.25, 0.3) is 0 Å². The maximum Gasteiger partial charge on any atom is 0.249 e. The fourth-order valence-electron chi connectivity index (χ4n) is 2.09. The van der Waals surface area contributed by atoms with Crippen molar-refractivity contribution in [3.63, 3.8) is 0 Å². The Hall–Kier alpha value is -1.99. The minimum absolute atomic E-state index is 0.125. The van der Waals surface area contributed by atoms with E-state index in [4.69, 9.17) is 19.7 Å². The van der Waals surface area contributed by atoms with E-state index in [0.717, 1.165) is 0 Å². The van der Waals surface area contributed by atoms with Crippen molar-refractivity contribution in [3.8, 4) is 17.1 Å². The van der Waals surface area contributed by atoms with Gasteiger partial charge in [-0.05, 0) is 24.6 Å². The van der Waals surface area contributed by atoms with Gasteiger partial charge in [0.2, 0.25) is 11.7 Å². The average Bonchev–Trinajstić information content (AvgIpc) is 3.09. The van der Waals surface area contributed by atoms with E-state index >= 15 is 0 Å². The van der Waals surface area contributed by atoms with Crippen molar-refractivity contribution in [2.75, 3.05) is 20.3 Å². The SMILES string of the molecule is COc1cc(-c2noc(C3(N)CCOC3)n2)ccc1F. The van der Waals surface area contributed by atoms with Gasteiger partial charge in [-0.25, -0.2) is 4.39 Å². The summed E-state index contributed by atoms with van der Waals surface area (Å²) in [5.41, 5.74) is 6.00. The molecule has 0 aliphatic carbocycles. The summed E-state index contributed by atoms with van der Waals surface area (Å²) >= 11 is 0.